The Kier molecular flexibility index (Phi) is 3.22. The summed E-state index contributed by atoms with van der Waals surface area (Å²) in [6.07, 6.45) is 10.8. The van der Waals surface area contributed by atoms with Crippen molar-refractivity contribution in [2.24, 2.45) is 10.9 Å². The van der Waals surface area contributed by atoms with Crippen LogP contribution in [0.4, 0.5) is 0 Å². The summed E-state index contributed by atoms with van der Waals surface area (Å²) in [4.78, 5) is 6.65. The van der Waals surface area contributed by atoms with E-state index in [0.29, 0.717) is 0 Å². The molecule has 0 spiro atoms. The number of rotatable bonds is 2. The molecule has 2 heteroatoms. The third kappa shape index (κ3) is 2.71. The van der Waals surface area contributed by atoms with E-state index in [1.165, 1.54) is 45.1 Å². The lowest BCUT2D eigenvalue weighted by Crippen LogP contribution is -2.26. The minimum Gasteiger partial charge on any atom is -0.361 e. The first-order valence-corrected chi connectivity index (χ1v) is 5.69. The lowest BCUT2D eigenvalue weighted by atomic mass is 10.00. The quantitative estimate of drug-likeness (QED) is 0.595. The zero-order valence-corrected chi connectivity index (χ0v) is 8.41. The highest BCUT2D eigenvalue weighted by molar-refractivity contribution is 5.56. The van der Waals surface area contributed by atoms with Crippen molar-refractivity contribution in [3.05, 3.63) is 0 Å². The van der Waals surface area contributed by atoms with E-state index in [-0.39, 0.29) is 0 Å². The molecule has 0 atom stereocenters. The molecular weight excluding hydrogens is 160 g/mol. The summed E-state index contributed by atoms with van der Waals surface area (Å²) in [5.41, 5.74) is 0. The summed E-state index contributed by atoms with van der Waals surface area (Å²) in [7, 11) is 0. The first-order chi connectivity index (χ1) is 6.45. The average Bonchev–Trinajstić information content (AvgIpc) is 2.49. The Labute approximate surface area is 81.0 Å². The molecule has 1 aliphatic carbocycles. The molecule has 0 radical (unpaired) electrons. The van der Waals surface area contributed by atoms with Gasteiger partial charge in [0.15, 0.2) is 0 Å². The molecule has 0 unspecified atom stereocenters. The van der Waals surface area contributed by atoms with E-state index in [2.05, 4.69) is 9.89 Å². The predicted molar refractivity (Wildman–Crippen MR) is 56.1 cm³/mol. The van der Waals surface area contributed by atoms with Crippen LogP contribution >= 0.6 is 0 Å². The van der Waals surface area contributed by atoms with Gasteiger partial charge in [0.25, 0.3) is 0 Å². The van der Waals surface area contributed by atoms with Gasteiger partial charge in [0.2, 0.25) is 0 Å². The molecule has 2 aliphatic rings. The van der Waals surface area contributed by atoms with Crippen molar-refractivity contribution in [3.8, 4) is 0 Å². The summed E-state index contributed by atoms with van der Waals surface area (Å²) in [6.45, 7) is 3.45. The van der Waals surface area contributed by atoms with Gasteiger partial charge < -0.3 is 4.90 Å². The smallest absolute Gasteiger partial charge is 0.0851 e. The van der Waals surface area contributed by atoms with Crippen LogP contribution in [0.5, 0.6) is 0 Å². The summed E-state index contributed by atoms with van der Waals surface area (Å²) in [5.74, 6) is 0.951. The van der Waals surface area contributed by atoms with E-state index in [1.807, 2.05) is 6.34 Å². The molecule has 13 heavy (non-hydrogen) atoms. The average molecular weight is 180 g/mol. The highest BCUT2D eigenvalue weighted by Crippen LogP contribution is 2.23. The van der Waals surface area contributed by atoms with Crippen molar-refractivity contribution in [2.75, 3.05) is 19.6 Å². The first-order valence-electron chi connectivity index (χ1n) is 5.69. The van der Waals surface area contributed by atoms with Crippen LogP contribution in [0, 0.1) is 5.92 Å². The van der Waals surface area contributed by atoms with E-state index in [9.17, 15) is 0 Å². The fourth-order valence-electron chi connectivity index (χ4n) is 2.43. The molecule has 1 saturated carbocycles. The van der Waals surface area contributed by atoms with Crippen molar-refractivity contribution in [2.45, 2.75) is 38.5 Å². The molecule has 0 aromatic rings. The largest absolute Gasteiger partial charge is 0.361 e. The normalized spacial score (nSPS) is 25.1. The number of aliphatic imine (C=N–C) groups is 1. The molecule has 0 amide bonds. The third-order valence-electron chi connectivity index (χ3n) is 3.23. The highest BCUT2D eigenvalue weighted by atomic mass is 15.2. The lowest BCUT2D eigenvalue weighted by molar-refractivity contribution is 0.336. The summed E-state index contributed by atoms with van der Waals surface area (Å²) < 4.78 is 0. The zero-order valence-electron chi connectivity index (χ0n) is 8.41. The van der Waals surface area contributed by atoms with E-state index in [4.69, 9.17) is 0 Å². The monoisotopic (exact) mass is 180 g/mol. The van der Waals surface area contributed by atoms with Gasteiger partial charge >= 0.3 is 0 Å². The van der Waals surface area contributed by atoms with Crippen molar-refractivity contribution in [1.82, 2.24) is 4.90 Å². The van der Waals surface area contributed by atoms with Crippen molar-refractivity contribution < 1.29 is 0 Å². The van der Waals surface area contributed by atoms with Crippen LogP contribution in [0.1, 0.15) is 38.5 Å². The molecule has 0 bridgehead atoms. The molecule has 1 aliphatic heterocycles. The molecule has 0 aromatic carbocycles. The van der Waals surface area contributed by atoms with Gasteiger partial charge in [0, 0.05) is 13.1 Å². The number of hydrogen-bond acceptors (Lipinski definition) is 2. The molecule has 0 aromatic heterocycles. The Morgan fingerprint density at radius 1 is 1.15 bits per heavy atom. The van der Waals surface area contributed by atoms with E-state index in [1.54, 1.807) is 0 Å². The van der Waals surface area contributed by atoms with Gasteiger partial charge in [-0.15, -0.1) is 0 Å². The predicted octanol–water partition coefficient (Wildman–Crippen LogP) is 2.30. The summed E-state index contributed by atoms with van der Waals surface area (Å²) >= 11 is 0. The first kappa shape index (κ1) is 9.04. The highest BCUT2D eigenvalue weighted by Gasteiger charge is 2.15. The zero-order chi connectivity index (χ0) is 8.93. The second-order valence-electron chi connectivity index (χ2n) is 4.37. The Morgan fingerprint density at radius 2 is 1.92 bits per heavy atom. The minimum atomic E-state index is 0.951. The van der Waals surface area contributed by atoms with E-state index in [0.717, 1.165) is 19.0 Å². The summed E-state index contributed by atoms with van der Waals surface area (Å²) in [6, 6.07) is 0. The van der Waals surface area contributed by atoms with E-state index >= 15 is 0 Å². The second kappa shape index (κ2) is 4.64. The molecular formula is C11H20N2. The fraction of sp³-hybridized carbons (Fsp3) is 0.909. The standard InChI is InChI=1S/C11H20N2/c1-2-4-6-11(5-3-1)9-13-8-7-12-10-13/h10-11H,1-9H2. The van der Waals surface area contributed by atoms with Gasteiger partial charge in [-0.25, -0.2) is 0 Å². The van der Waals surface area contributed by atoms with Crippen molar-refractivity contribution >= 4 is 6.34 Å². The van der Waals surface area contributed by atoms with Crippen molar-refractivity contribution in [3.63, 3.8) is 0 Å². The summed E-state index contributed by atoms with van der Waals surface area (Å²) in [5, 5.41) is 0. The number of nitrogens with zero attached hydrogens (tertiary/aromatic N) is 2. The maximum Gasteiger partial charge on any atom is 0.0851 e. The van der Waals surface area contributed by atoms with Crippen LogP contribution in [0.25, 0.3) is 0 Å². The molecule has 2 nitrogen and oxygen atoms in total. The minimum absolute atomic E-state index is 0.951. The fourth-order valence-corrected chi connectivity index (χ4v) is 2.43. The van der Waals surface area contributed by atoms with Crippen LogP contribution in [0.2, 0.25) is 0 Å². The Bertz CT molecular complexity index is 169. The molecule has 0 N–H and O–H groups in total. The second-order valence-corrected chi connectivity index (χ2v) is 4.37. The third-order valence-corrected chi connectivity index (χ3v) is 3.23. The van der Waals surface area contributed by atoms with Crippen LogP contribution in [0.3, 0.4) is 0 Å². The van der Waals surface area contributed by atoms with Crippen LogP contribution < -0.4 is 0 Å². The Morgan fingerprint density at radius 3 is 2.54 bits per heavy atom. The van der Waals surface area contributed by atoms with Gasteiger partial charge in [0.1, 0.15) is 0 Å². The molecule has 0 saturated heterocycles. The molecule has 2 rings (SSSR count). The van der Waals surface area contributed by atoms with Crippen LogP contribution in [-0.2, 0) is 0 Å². The van der Waals surface area contributed by atoms with Gasteiger partial charge in [0.05, 0.1) is 12.9 Å². The SMILES string of the molecule is C1=NCCN1CC1CCCCCC1. The van der Waals surface area contributed by atoms with Gasteiger partial charge in [-0.2, -0.15) is 0 Å². The molecule has 74 valence electrons. The maximum absolute atomic E-state index is 4.25. The van der Waals surface area contributed by atoms with E-state index < -0.39 is 0 Å². The van der Waals surface area contributed by atoms with Gasteiger partial charge in [-0.1, -0.05) is 25.7 Å². The van der Waals surface area contributed by atoms with Crippen LogP contribution in [0.15, 0.2) is 4.99 Å². The van der Waals surface area contributed by atoms with Gasteiger partial charge in [-0.05, 0) is 18.8 Å². The maximum atomic E-state index is 4.25. The molecule has 1 heterocycles. The van der Waals surface area contributed by atoms with Crippen LogP contribution in [-0.4, -0.2) is 30.9 Å². The lowest BCUT2D eigenvalue weighted by Gasteiger charge is -2.21. The topological polar surface area (TPSA) is 15.6 Å². The Balaban J connectivity index is 1.75. The Hall–Kier alpha value is -0.530. The number of hydrogen-bond donors (Lipinski definition) is 0. The molecule has 1 fully saturated rings. The van der Waals surface area contributed by atoms with Crippen molar-refractivity contribution in [1.29, 1.82) is 0 Å². The van der Waals surface area contributed by atoms with Gasteiger partial charge in [-0.3, -0.25) is 4.99 Å².